The highest BCUT2D eigenvalue weighted by Gasteiger charge is 2.24. The molecule has 7 heteroatoms. The zero-order valence-electron chi connectivity index (χ0n) is 20.8. The van der Waals surface area contributed by atoms with E-state index in [1.807, 2.05) is 23.1 Å². The van der Waals surface area contributed by atoms with Gasteiger partial charge in [0.15, 0.2) is 5.76 Å². The van der Waals surface area contributed by atoms with Gasteiger partial charge in [0, 0.05) is 36.0 Å². The van der Waals surface area contributed by atoms with E-state index in [2.05, 4.69) is 58.7 Å². The summed E-state index contributed by atoms with van der Waals surface area (Å²) >= 11 is 3.49. The number of rotatable bonds is 14. The van der Waals surface area contributed by atoms with Gasteiger partial charge in [-0.3, -0.25) is 9.59 Å². The number of halogens is 1. The van der Waals surface area contributed by atoms with E-state index >= 15 is 0 Å². The van der Waals surface area contributed by atoms with Crippen molar-refractivity contribution in [3.8, 4) is 0 Å². The van der Waals surface area contributed by atoms with Gasteiger partial charge in [0.05, 0.1) is 12.8 Å². The molecule has 1 aromatic carbocycles. The first-order valence-electron chi connectivity index (χ1n) is 12.5. The molecule has 0 radical (unpaired) electrons. The molecule has 0 aliphatic heterocycles. The molecule has 35 heavy (non-hydrogen) atoms. The van der Waals surface area contributed by atoms with Crippen molar-refractivity contribution in [1.82, 2.24) is 14.4 Å². The number of carbonyl (C=O) groups is 2. The van der Waals surface area contributed by atoms with E-state index in [4.69, 9.17) is 4.42 Å². The molecule has 0 aliphatic carbocycles. The highest BCUT2D eigenvalue weighted by atomic mass is 79.9. The Labute approximate surface area is 217 Å². The number of benzene rings is 1. The molecule has 0 saturated carbocycles. The molecule has 0 N–H and O–H groups in total. The number of amides is 2. The summed E-state index contributed by atoms with van der Waals surface area (Å²) in [4.78, 5) is 30.0. The zero-order valence-corrected chi connectivity index (χ0v) is 22.4. The third-order valence-corrected chi connectivity index (χ3v) is 6.58. The van der Waals surface area contributed by atoms with E-state index in [0.717, 1.165) is 48.8 Å². The molecule has 3 rings (SSSR count). The van der Waals surface area contributed by atoms with Crippen molar-refractivity contribution in [2.75, 3.05) is 19.6 Å². The minimum Gasteiger partial charge on any atom is -0.459 e. The van der Waals surface area contributed by atoms with Gasteiger partial charge in [0.25, 0.3) is 5.91 Å². The average Bonchev–Trinajstić information content (AvgIpc) is 3.54. The summed E-state index contributed by atoms with van der Waals surface area (Å²) < 4.78 is 8.57. The van der Waals surface area contributed by atoms with Crippen LogP contribution in [0.15, 0.2) is 69.9 Å². The van der Waals surface area contributed by atoms with Crippen molar-refractivity contribution in [2.45, 2.75) is 59.0 Å². The van der Waals surface area contributed by atoms with Gasteiger partial charge in [-0.05, 0) is 54.8 Å². The lowest BCUT2D eigenvalue weighted by Gasteiger charge is -2.28. The van der Waals surface area contributed by atoms with Crippen molar-refractivity contribution < 1.29 is 14.0 Å². The summed E-state index contributed by atoms with van der Waals surface area (Å²) in [6, 6.07) is 15.7. The van der Waals surface area contributed by atoms with E-state index in [0.29, 0.717) is 19.6 Å². The minimum atomic E-state index is -0.228. The maximum Gasteiger partial charge on any atom is 0.290 e. The van der Waals surface area contributed by atoms with Gasteiger partial charge >= 0.3 is 0 Å². The van der Waals surface area contributed by atoms with Crippen molar-refractivity contribution in [1.29, 1.82) is 0 Å². The topological polar surface area (TPSA) is 58.7 Å². The Kier molecular flexibility index (Phi) is 10.7. The number of aromatic nitrogens is 1. The van der Waals surface area contributed by atoms with Crippen LogP contribution in [0.4, 0.5) is 0 Å². The third-order valence-electron chi connectivity index (χ3n) is 6.05. The first-order valence-corrected chi connectivity index (χ1v) is 13.3. The second kappa shape index (κ2) is 13.9. The van der Waals surface area contributed by atoms with E-state index in [1.165, 1.54) is 11.8 Å². The Balaban J connectivity index is 1.72. The van der Waals surface area contributed by atoms with Gasteiger partial charge < -0.3 is 18.8 Å². The Bertz CT molecular complexity index is 1040. The van der Waals surface area contributed by atoms with Crippen LogP contribution in [0, 0.1) is 0 Å². The number of furan rings is 1. The summed E-state index contributed by atoms with van der Waals surface area (Å²) in [7, 11) is 0. The maximum absolute atomic E-state index is 13.5. The summed E-state index contributed by atoms with van der Waals surface area (Å²) in [5.74, 6) is 0.0116. The minimum absolute atomic E-state index is 0.0359. The number of hydrogen-bond donors (Lipinski definition) is 0. The van der Waals surface area contributed by atoms with E-state index in [-0.39, 0.29) is 24.1 Å². The molecule has 0 bridgehead atoms. The van der Waals surface area contributed by atoms with Crippen molar-refractivity contribution in [3.05, 3.63) is 82.5 Å². The van der Waals surface area contributed by atoms with Crippen LogP contribution in [0.25, 0.3) is 0 Å². The van der Waals surface area contributed by atoms with Gasteiger partial charge in [0.2, 0.25) is 5.91 Å². The normalized spacial score (nSPS) is 10.9. The maximum atomic E-state index is 13.5. The molecule has 0 fully saturated rings. The molecule has 0 aliphatic rings. The number of nitrogens with zero attached hydrogens (tertiary/aromatic N) is 3. The molecule has 0 atom stereocenters. The van der Waals surface area contributed by atoms with Crippen LogP contribution in [-0.4, -0.2) is 45.8 Å². The lowest BCUT2D eigenvalue weighted by Crippen LogP contribution is -2.43. The average molecular weight is 543 g/mol. The molecule has 3 aromatic rings. The molecule has 6 nitrogen and oxygen atoms in total. The van der Waals surface area contributed by atoms with Crippen LogP contribution in [0.3, 0.4) is 0 Å². The van der Waals surface area contributed by atoms with Crippen LogP contribution < -0.4 is 0 Å². The molecular formula is C28H36BrN3O3. The quantitative estimate of drug-likeness (QED) is 0.223. The van der Waals surface area contributed by atoms with Crippen molar-refractivity contribution >= 4 is 27.7 Å². The Morgan fingerprint density at radius 1 is 0.914 bits per heavy atom. The lowest BCUT2D eigenvalue weighted by molar-refractivity contribution is -0.132. The van der Waals surface area contributed by atoms with Crippen LogP contribution >= 0.6 is 15.9 Å². The fourth-order valence-corrected chi connectivity index (χ4v) is 4.26. The van der Waals surface area contributed by atoms with Crippen LogP contribution in [0.5, 0.6) is 0 Å². The third kappa shape index (κ3) is 8.13. The Hall–Kier alpha value is -2.80. The van der Waals surface area contributed by atoms with Crippen LogP contribution in [0.2, 0.25) is 0 Å². The molecule has 0 unspecified atom stereocenters. The first-order chi connectivity index (χ1) is 17.0. The highest BCUT2D eigenvalue weighted by molar-refractivity contribution is 9.10. The van der Waals surface area contributed by atoms with Gasteiger partial charge in [-0.2, -0.15) is 0 Å². The molecule has 0 saturated heterocycles. The standard InChI is InChI=1S/C28H36BrN3O3/c1-3-5-7-17-32(28(34)26-11-9-19-35-26)22-27(33)31(16-6-4-2)21-25-10-8-18-30(25)20-23-12-14-24(29)15-13-23/h8-15,18-19H,3-7,16-17,20-22H2,1-2H3. The Morgan fingerprint density at radius 3 is 2.34 bits per heavy atom. The SMILES string of the molecule is CCCCCN(CC(=O)N(CCCC)Cc1cccn1Cc1ccc(Br)cc1)C(=O)c1ccco1. The molecule has 0 spiro atoms. The van der Waals surface area contributed by atoms with Crippen molar-refractivity contribution in [2.24, 2.45) is 0 Å². The molecule has 2 amide bonds. The Morgan fingerprint density at radius 2 is 1.66 bits per heavy atom. The second-order valence-corrected chi connectivity index (χ2v) is 9.75. The number of hydrogen-bond acceptors (Lipinski definition) is 3. The van der Waals surface area contributed by atoms with E-state index < -0.39 is 0 Å². The molecule has 2 aromatic heterocycles. The predicted molar refractivity (Wildman–Crippen MR) is 142 cm³/mol. The largest absolute Gasteiger partial charge is 0.459 e. The summed E-state index contributed by atoms with van der Waals surface area (Å²) in [6.07, 6.45) is 8.38. The molecule has 2 heterocycles. The smallest absolute Gasteiger partial charge is 0.290 e. The number of unbranched alkanes of at least 4 members (excludes halogenated alkanes) is 3. The van der Waals surface area contributed by atoms with E-state index in [9.17, 15) is 9.59 Å². The van der Waals surface area contributed by atoms with Crippen LogP contribution in [0.1, 0.15) is 67.8 Å². The van der Waals surface area contributed by atoms with E-state index in [1.54, 1.807) is 17.0 Å². The van der Waals surface area contributed by atoms with Gasteiger partial charge in [-0.1, -0.05) is 61.2 Å². The fourth-order valence-electron chi connectivity index (χ4n) is 3.99. The first kappa shape index (κ1) is 26.8. The monoisotopic (exact) mass is 541 g/mol. The fraction of sp³-hybridized carbons (Fsp3) is 0.429. The second-order valence-electron chi connectivity index (χ2n) is 8.83. The molecular weight excluding hydrogens is 506 g/mol. The predicted octanol–water partition coefficient (Wildman–Crippen LogP) is 6.35. The summed E-state index contributed by atoms with van der Waals surface area (Å²) in [6.45, 7) is 6.76. The summed E-state index contributed by atoms with van der Waals surface area (Å²) in [5.41, 5.74) is 2.27. The summed E-state index contributed by atoms with van der Waals surface area (Å²) in [5, 5.41) is 0. The number of carbonyl (C=O) groups excluding carboxylic acids is 2. The van der Waals surface area contributed by atoms with Gasteiger partial charge in [-0.15, -0.1) is 0 Å². The lowest BCUT2D eigenvalue weighted by atomic mass is 10.2. The van der Waals surface area contributed by atoms with Gasteiger partial charge in [-0.25, -0.2) is 0 Å². The molecule has 188 valence electrons. The zero-order chi connectivity index (χ0) is 25.0. The van der Waals surface area contributed by atoms with Crippen LogP contribution in [-0.2, 0) is 17.9 Å². The van der Waals surface area contributed by atoms with Crippen molar-refractivity contribution in [3.63, 3.8) is 0 Å². The highest BCUT2D eigenvalue weighted by Crippen LogP contribution is 2.16. The van der Waals surface area contributed by atoms with Gasteiger partial charge in [0.1, 0.15) is 6.54 Å².